The molecule has 0 fully saturated rings. The van der Waals surface area contributed by atoms with E-state index in [1.54, 1.807) is 12.1 Å². The summed E-state index contributed by atoms with van der Waals surface area (Å²) in [5.74, 6) is 0.354. The van der Waals surface area contributed by atoms with Crippen molar-refractivity contribution in [1.82, 2.24) is 5.32 Å². The Bertz CT molecular complexity index is 357. The highest BCUT2D eigenvalue weighted by atomic mass is 32.2. The van der Waals surface area contributed by atoms with Gasteiger partial charge in [0.25, 0.3) is 0 Å². The maximum Gasteiger partial charge on any atom is 0.123 e. The van der Waals surface area contributed by atoms with E-state index in [9.17, 15) is 9.50 Å². The fraction of sp³-hybridized carbons (Fsp3) is 0.538. The highest BCUT2D eigenvalue weighted by Crippen LogP contribution is 2.25. The topological polar surface area (TPSA) is 52.5 Å². The van der Waals surface area contributed by atoms with Gasteiger partial charge in [-0.3, -0.25) is 0 Å². The summed E-state index contributed by atoms with van der Waals surface area (Å²) in [4.78, 5) is 0. The Balaban J connectivity index is 2.57. The maximum absolute atomic E-state index is 12.8. The summed E-state index contributed by atoms with van der Waals surface area (Å²) in [5.41, 5.74) is 0.184. The Morgan fingerprint density at radius 1 is 1.33 bits per heavy atom. The molecule has 0 bridgehead atoms. The zero-order valence-corrected chi connectivity index (χ0v) is 11.5. The van der Waals surface area contributed by atoms with Gasteiger partial charge >= 0.3 is 0 Å². The van der Waals surface area contributed by atoms with Crippen molar-refractivity contribution in [3.05, 3.63) is 35.6 Å². The predicted molar refractivity (Wildman–Crippen MR) is 73.1 cm³/mol. The number of aliphatic hydroxyl groups excluding tert-OH is 1. The van der Waals surface area contributed by atoms with Crippen LogP contribution in [0.15, 0.2) is 24.3 Å². The second-order valence-corrected chi connectivity index (χ2v) is 5.46. The number of halogens is 1. The molecule has 1 rings (SSSR count). The van der Waals surface area contributed by atoms with Gasteiger partial charge < -0.3 is 15.0 Å². The summed E-state index contributed by atoms with van der Waals surface area (Å²) in [6.45, 7) is 4.50. The summed E-state index contributed by atoms with van der Waals surface area (Å²) >= 11 is 0.814. The SMILES string of the molecule is CC(C)(NCCCSO)C(O)c1ccc(F)cc1. The molecule has 102 valence electrons. The maximum atomic E-state index is 12.8. The first-order valence-electron chi connectivity index (χ1n) is 5.92. The molecule has 0 aliphatic carbocycles. The van der Waals surface area contributed by atoms with Gasteiger partial charge in [-0.15, -0.1) is 0 Å². The van der Waals surface area contributed by atoms with Gasteiger partial charge in [-0.1, -0.05) is 12.1 Å². The molecule has 0 heterocycles. The fourth-order valence-electron chi connectivity index (χ4n) is 1.71. The van der Waals surface area contributed by atoms with Gasteiger partial charge in [0.2, 0.25) is 0 Å². The van der Waals surface area contributed by atoms with Crippen LogP contribution in [-0.4, -0.2) is 27.5 Å². The van der Waals surface area contributed by atoms with Crippen molar-refractivity contribution in [3.8, 4) is 0 Å². The highest BCUT2D eigenvalue weighted by Gasteiger charge is 2.28. The summed E-state index contributed by atoms with van der Waals surface area (Å²) in [6, 6.07) is 5.87. The first kappa shape index (κ1) is 15.4. The third-order valence-corrected chi connectivity index (χ3v) is 3.33. The second kappa shape index (κ2) is 7.09. The van der Waals surface area contributed by atoms with Gasteiger partial charge in [-0.25, -0.2) is 4.39 Å². The van der Waals surface area contributed by atoms with Crippen molar-refractivity contribution in [1.29, 1.82) is 0 Å². The molecule has 0 amide bonds. The van der Waals surface area contributed by atoms with Crippen LogP contribution in [0.25, 0.3) is 0 Å². The monoisotopic (exact) mass is 273 g/mol. The van der Waals surface area contributed by atoms with Crippen LogP contribution in [0, 0.1) is 5.82 Å². The van der Waals surface area contributed by atoms with E-state index < -0.39 is 11.6 Å². The number of benzene rings is 1. The van der Waals surface area contributed by atoms with Gasteiger partial charge in [-0.2, -0.15) is 0 Å². The average Bonchev–Trinajstić information content (AvgIpc) is 2.35. The molecule has 0 saturated carbocycles. The number of rotatable bonds is 7. The Labute approximate surface area is 112 Å². The second-order valence-electron chi connectivity index (χ2n) is 4.79. The third-order valence-electron chi connectivity index (χ3n) is 2.86. The minimum Gasteiger partial charge on any atom is -0.387 e. The lowest BCUT2D eigenvalue weighted by molar-refractivity contribution is 0.0805. The number of hydrogen-bond acceptors (Lipinski definition) is 4. The first-order valence-corrected chi connectivity index (χ1v) is 6.86. The molecule has 5 heteroatoms. The lowest BCUT2D eigenvalue weighted by Crippen LogP contribution is -2.45. The van der Waals surface area contributed by atoms with Crippen molar-refractivity contribution in [3.63, 3.8) is 0 Å². The number of nitrogens with one attached hydrogen (secondary N) is 1. The summed E-state index contributed by atoms with van der Waals surface area (Å²) < 4.78 is 21.4. The van der Waals surface area contributed by atoms with Gasteiger partial charge in [0.1, 0.15) is 5.82 Å². The number of aliphatic hydroxyl groups is 1. The third kappa shape index (κ3) is 4.57. The molecule has 0 spiro atoms. The van der Waals surface area contributed by atoms with Crippen LogP contribution in [0.4, 0.5) is 4.39 Å². The van der Waals surface area contributed by atoms with Crippen LogP contribution in [0.1, 0.15) is 31.9 Å². The molecule has 3 N–H and O–H groups in total. The van der Waals surface area contributed by atoms with E-state index in [4.69, 9.17) is 4.55 Å². The van der Waals surface area contributed by atoms with Crippen LogP contribution in [0.5, 0.6) is 0 Å². The average molecular weight is 273 g/mol. The number of hydrogen-bond donors (Lipinski definition) is 3. The van der Waals surface area contributed by atoms with Crippen LogP contribution in [-0.2, 0) is 0 Å². The smallest absolute Gasteiger partial charge is 0.123 e. The van der Waals surface area contributed by atoms with Crippen LogP contribution in [0.3, 0.4) is 0 Å². The van der Waals surface area contributed by atoms with Crippen molar-refractivity contribution >= 4 is 12.0 Å². The van der Waals surface area contributed by atoms with Crippen molar-refractivity contribution < 1.29 is 14.0 Å². The van der Waals surface area contributed by atoms with E-state index in [-0.39, 0.29) is 5.82 Å². The minimum absolute atomic E-state index is 0.309. The molecule has 1 aromatic rings. The van der Waals surface area contributed by atoms with Crippen molar-refractivity contribution in [2.45, 2.75) is 31.9 Å². The molecular formula is C13H20FNO2S. The summed E-state index contributed by atoms with van der Waals surface area (Å²) in [5, 5.41) is 13.5. The lowest BCUT2D eigenvalue weighted by Gasteiger charge is -2.32. The van der Waals surface area contributed by atoms with E-state index >= 15 is 0 Å². The molecule has 18 heavy (non-hydrogen) atoms. The Kier molecular flexibility index (Phi) is 6.08. The molecule has 1 aromatic carbocycles. The molecular weight excluding hydrogens is 253 g/mol. The molecule has 0 radical (unpaired) electrons. The van der Waals surface area contributed by atoms with Crippen LogP contribution >= 0.6 is 12.0 Å². The molecule has 1 atom stereocenters. The molecule has 0 aromatic heterocycles. The van der Waals surface area contributed by atoms with E-state index in [0.29, 0.717) is 17.9 Å². The van der Waals surface area contributed by atoms with Crippen LogP contribution in [0.2, 0.25) is 0 Å². The predicted octanol–water partition coefficient (Wildman–Crippen LogP) is 2.82. The highest BCUT2D eigenvalue weighted by molar-refractivity contribution is 7.93. The molecule has 3 nitrogen and oxygen atoms in total. The van der Waals surface area contributed by atoms with E-state index in [1.807, 2.05) is 13.8 Å². The van der Waals surface area contributed by atoms with Crippen molar-refractivity contribution in [2.75, 3.05) is 12.3 Å². The zero-order chi connectivity index (χ0) is 13.6. The van der Waals surface area contributed by atoms with E-state index in [0.717, 1.165) is 18.5 Å². The minimum atomic E-state index is -0.708. The van der Waals surface area contributed by atoms with E-state index in [2.05, 4.69) is 5.32 Å². The summed E-state index contributed by atoms with van der Waals surface area (Å²) in [6.07, 6.45) is 0.112. The molecule has 0 aliphatic heterocycles. The lowest BCUT2D eigenvalue weighted by atomic mass is 9.91. The van der Waals surface area contributed by atoms with Gasteiger partial charge in [-0.05, 0) is 56.6 Å². The quantitative estimate of drug-likeness (QED) is 0.528. The summed E-state index contributed by atoms with van der Waals surface area (Å²) in [7, 11) is 0. The normalized spacial score (nSPS) is 13.6. The molecule has 0 aliphatic rings. The van der Waals surface area contributed by atoms with Gasteiger partial charge in [0.15, 0.2) is 0 Å². The first-order chi connectivity index (χ1) is 8.47. The standard InChI is InChI=1S/C13H20FNO2S/c1-13(2,15-8-3-9-18-17)12(16)10-4-6-11(14)7-5-10/h4-7,12,15-17H,3,8-9H2,1-2H3. The Morgan fingerprint density at radius 3 is 2.50 bits per heavy atom. The van der Waals surface area contributed by atoms with Crippen LogP contribution < -0.4 is 5.32 Å². The fourth-order valence-corrected chi connectivity index (χ4v) is 1.98. The Morgan fingerprint density at radius 2 is 1.94 bits per heavy atom. The van der Waals surface area contributed by atoms with Gasteiger partial charge in [0, 0.05) is 11.3 Å². The largest absolute Gasteiger partial charge is 0.387 e. The van der Waals surface area contributed by atoms with Crippen molar-refractivity contribution in [2.24, 2.45) is 0 Å². The zero-order valence-electron chi connectivity index (χ0n) is 10.7. The van der Waals surface area contributed by atoms with Gasteiger partial charge in [0.05, 0.1) is 6.10 Å². The molecule has 0 saturated heterocycles. The van der Waals surface area contributed by atoms with E-state index in [1.165, 1.54) is 12.1 Å². The Hall–Kier alpha value is -0.620. The molecule has 1 unspecified atom stereocenters.